The maximum absolute atomic E-state index is 12.8. The zero-order valence-corrected chi connectivity index (χ0v) is 12.6. The van der Waals surface area contributed by atoms with E-state index < -0.39 is 17.6 Å². The molecule has 0 aromatic carbocycles. The molecule has 118 valence electrons. The molecule has 0 bridgehead atoms. The van der Waals surface area contributed by atoms with E-state index in [2.05, 4.69) is 5.32 Å². The summed E-state index contributed by atoms with van der Waals surface area (Å²) in [6.07, 6.45) is 3.44. The first-order valence-electron chi connectivity index (χ1n) is 7.45. The molecule has 0 spiro atoms. The van der Waals surface area contributed by atoms with E-state index in [1.54, 1.807) is 14.0 Å². The first-order valence-corrected chi connectivity index (χ1v) is 7.45. The molecule has 7 heteroatoms. The highest BCUT2D eigenvalue weighted by molar-refractivity contribution is 5.90. The quantitative estimate of drug-likeness (QED) is 0.783. The van der Waals surface area contributed by atoms with Crippen LogP contribution < -0.4 is 5.32 Å². The molecule has 2 aliphatic heterocycles. The van der Waals surface area contributed by atoms with Crippen molar-refractivity contribution in [2.75, 3.05) is 20.1 Å². The van der Waals surface area contributed by atoms with Crippen molar-refractivity contribution in [2.45, 2.75) is 50.6 Å². The van der Waals surface area contributed by atoms with Crippen LogP contribution >= 0.6 is 0 Å². The van der Waals surface area contributed by atoms with E-state index >= 15 is 0 Å². The fraction of sp³-hybridized carbons (Fsp3) is 0.786. The number of carbonyl (C=O) groups is 3. The van der Waals surface area contributed by atoms with Crippen molar-refractivity contribution in [3.05, 3.63) is 0 Å². The van der Waals surface area contributed by atoms with Gasteiger partial charge in [0.25, 0.3) is 0 Å². The number of amides is 3. The van der Waals surface area contributed by atoms with E-state index in [9.17, 15) is 19.5 Å². The largest absolute Gasteiger partial charge is 0.480 e. The van der Waals surface area contributed by atoms with Crippen LogP contribution in [0.4, 0.5) is 4.79 Å². The van der Waals surface area contributed by atoms with Crippen LogP contribution in [0.3, 0.4) is 0 Å². The fourth-order valence-electron chi connectivity index (χ4n) is 3.24. The number of nitrogens with zero attached hydrogens (tertiary/aromatic N) is 2. The van der Waals surface area contributed by atoms with E-state index in [1.807, 2.05) is 0 Å². The first-order chi connectivity index (χ1) is 9.91. The molecule has 2 N–H and O–H groups in total. The normalized spacial score (nSPS) is 29.3. The second-order valence-electron chi connectivity index (χ2n) is 5.94. The molecule has 2 saturated heterocycles. The molecule has 0 aliphatic carbocycles. The Kier molecular flexibility index (Phi) is 4.39. The molecule has 2 aliphatic rings. The molecule has 2 atom stereocenters. The lowest BCUT2D eigenvalue weighted by Crippen LogP contribution is -2.62. The maximum Gasteiger partial charge on any atom is 0.329 e. The van der Waals surface area contributed by atoms with Crippen molar-refractivity contribution in [1.29, 1.82) is 0 Å². The number of nitrogens with one attached hydrogen (secondary N) is 1. The number of rotatable bonds is 2. The van der Waals surface area contributed by atoms with Gasteiger partial charge < -0.3 is 20.2 Å². The van der Waals surface area contributed by atoms with Crippen molar-refractivity contribution >= 4 is 17.9 Å². The molecular formula is C14H23N3O4. The lowest BCUT2D eigenvalue weighted by atomic mass is 9.89. The highest BCUT2D eigenvalue weighted by Gasteiger charge is 2.47. The van der Waals surface area contributed by atoms with Crippen LogP contribution in [0.25, 0.3) is 0 Å². The minimum atomic E-state index is -1.18. The highest BCUT2D eigenvalue weighted by Crippen LogP contribution is 2.31. The number of likely N-dealkylation sites (N-methyl/N-ethyl adjacent to an activating group) is 1. The Labute approximate surface area is 124 Å². The predicted octanol–water partition coefficient (Wildman–Crippen LogP) is 0.646. The molecule has 2 unspecified atom stereocenters. The molecule has 0 radical (unpaired) electrons. The second kappa shape index (κ2) is 5.91. The smallest absolute Gasteiger partial charge is 0.329 e. The Hall–Kier alpha value is -1.79. The van der Waals surface area contributed by atoms with Crippen molar-refractivity contribution in [1.82, 2.24) is 15.1 Å². The SMILES string of the molecule is CNC(=O)C1CCCN1C(=O)N1CCCCC1(C)C(=O)O. The molecule has 7 nitrogen and oxygen atoms in total. The van der Waals surface area contributed by atoms with Crippen LogP contribution in [-0.2, 0) is 9.59 Å². The zero-order valence-electron chi connectivity index (χ0n) is 12.6. The minimum Gasteiger partial charge on any atom is -0.480 e. The summed E-state index contributed by atoms with van der Waals surface area (Å²) in [5, 5.41) is 12.1. The van der Waals surface area contributed by atoms with Gasteiger partial charge in [-0.25, -0.2) is 9.59 Å². The third-order valence-electron chi connectivity index (χ3n) is 4.63. The van der Waals surface area contributed by atoms with Gasteiger partial charge >= 0.3 is 12.0 Å². The summed E-state index contributed by atoms with van der Waals surface area (Å²) in [5.41, 5.74) is -1.18. The van der Waals surface area contributed by atoms with E-state index in [-0.39, 0.29) is 11.9 Å². The molecule has 3 amide bonds. The van der Waals surface area contributed by atoms with Crippen molar-refractivity contribution in [3.8, 4) is 0 Å². The number of piperidine rings is 1. The van der Waals surface area contributed by atoms with Crippen LogP contribution in [0, 0.1) is 0 Å². The number of hydrogen-bond acceptors (Lipinski definition) is 3. The van der Waals surface area contributed by atoms with E-state index in [4.69, 9.17) is 0 Å². The Morgan fingerprint density at radius 1 is 1.19 bits per heavy atom. The van der Waals surface area contributed by atoms with Gasteiger partial charge in [-0.05, 0) is 39.0 Å². The third kappa shape index (κ3) is 2.69. The summed E-state index contributed by atoms with van der Waals surface area (Å²) >= 11 is 0. The molecule has 2 rings (SSSR count). The number of carbonyl (C=O) groups excluding carboxylic acids is 2. The van der Waals surface area contributed by atoms with Gasteiger partial charge in [-0.15, -0.1) is 0 Å². The lowest BCUT2D eigenvalue weighted by molar-refractivity contribution is -0.150. The second-order valence-corrected chi connectivity index (χ2v) is 5.94. The first kappa shape index (κ1) is 15.6. The predicted molar refractivity (Wildman–Crippen MR) is 75.8 cm³/mol. The average Bonchev–Trinajstić information content (AvgIpc) is 2.95. The van der Waals surface area contributed by atoms with Gasteiger partial charge in [-0.1, -0.05) is 0 Å². The van der Waals surface area contributed by atoms with Crippen molar-refractivity contribution in [3.63, 3.8) is 0 Å². The van der Waals surface area contributed by atoms with E-state index in [0.29, 0.717) is 25.9 Å². The number of hydrogen-bond donors (Lipinski definition) is 2. The number of urea groups is 1. The Bertz CT molecular complexity index is 454. The van der Waals surface area contributed by atoms with Crippen molar-refractivity contribution < 1.29 is 19.5 Å². The van der Waals surface area contributed by atoms with Gasteiger partial charge in [0.15, 0.2) is 0 Å². The van der Waals surface area contributed by atoms with Gasteiger partial charge in [-0.2, -0.15) is 0 Å². The van der Waals surface area contributed by atoms with Gasteiger partial charge in [0, 0.05) is 20.1 Å². The maximum atomic E-state index is 12.8. The summed E-state index contributed by atoms with van der Waals surface area (Å²) in [6.45, 7) is 2.53. The molecule has 2 fully saturated rings. The average molecular weight is 297 g/mol. The van der Waals surface area contributed by atoms with E-state index in [0.717, 1.165) is 19.3 Å². The molecule has 0 aromatic heterocycles. The molecule has 21 heavy (non-hydrogen) atoms. The fourth-order valence-corrected chi connectivity index (χ4v) is 3.24. The minimum absolute atomic E-state index is 0.185. The Balaban J connectivity index is 2.21. The Morgan fingerprint density at radius 3 is 2.52 bits per heavy atom. The van der Waals surface area contributed by atoms with Crippen LogP contribution in [-0.4, -0.2) is 64.5 Å². The third-order valence-corrected chi connectivity index (χ3v) is 4.63. The molecule has 0 aromatic rings. The summed E-state index contributed by atoms with van der Waals surface area (Å²) in [6, 6.07) is -0.812. The number of carboxylic acids is 1. The summed E-state index contributed by atoms with van der Waals surface area (Å²) < 4.78 is 0. The molecule has 0 saturated carbocycles. The van der Waals surface area contributed by atoms with Gasteiger partial charge in [0.2, 0.25) is 5.91 Å². The van der Waals surface area contributed by atoms with Crippen molar-refractivity contribution in [2.24, 2.45) is 0 Å². The summed E-state index contributed by atoms with van der Waals surface area (Å²) in [7, 11) is 1.55. The monoisotopic (exact) mass is 297 g/mol. The number of carboxylic acid groups (broad SMARTS) is 1. The zero-order chi connectivity index (χ0) is 15.6. The standard InChI is InChI=1S/C14H23N3O4/c1-14(12(19)20)7-3-4-9-17(14)13(21)16-8-5-6-10(16)11(18)15-2/h10H,3-9H2,1-2H3,(H,15,18)(H,19,20). The lowest BCUT2D eigenvalue weighted by Gasteiger charge is -2.43. The number of likely N-dealkylation sites (tertiary alicyclic amines) is 2. The van der Waals surface area contributed by atoms with Gasteiger partial charge in [-0.3, -0.25) is 4.79 Å². The van der Waals surface area contributed by atoms with Crippen LogP contribution in [0.2, 0.25) is 0 Å². The molecule has 2 heterocycles. The van der Waals surface area contributed by atoms with E-state index in [1.165, 1.54) is 9.80 Å². The van der Waals surface area contributed by atoms with Crippen LogP contribution in [0.5, 0.6) is 0 Å². The summed E-state index contributed by atoms with van der Waals surface area (Å²) in [4.78, 5) is 39.2. The van der Waals surface area contributed by atoms with Gasteiger partial charge in [0.1, 0.15) is 11.6 Å². The van der Waals surface area contributed by atoms with Crippen LogP contribution in [0.1, 0.15) is 39.0 Å². The van der Waals surface area contributed by atoms with Gasteiger partial charge in [0.05, 0.1) is 0 Å². The number of aliphatic carboxylic acids is 1. The molecular weight excluding hydrogens is 274 g/mol. The topological polar surface area (TPSA) is 90.0 Å². The van der Waals surface area contributed by atoms with Crippen LogP contribution in [0.15, 0.2) is 0 Å². The Morgan fingerprint density at radius 2 is 1.90 bits per heavy atom. The summed E-state index contributed by atoms with van der Waals surface area (Å²) in [5.74, 6) is -1.17. The highest BCUT2D eigenvalue weighted by atomic mass is 16.4.